The van der Waals surface area contributed by atoms with Crippen LogP contribution in [-0.4, -0.2) is 33.4 Å². The molecule has 0 unspecified atom stereocenters. The molecule has 0 radical (unpaired) electrons. The number of carbonyl (C=O) groups excluding carboxylic acids is 1. The Morgan fingerprint density at radius 3 is 2.19 bits per heavy atom. The normalized spacial score (nSPS) is 16.2. The zero-order valence-electron chi connectivity index (χ0n) is 21.9. The van der Waals surface area contributed by atoms with Crippen molar-refractivity contribution >= 4 is 43.2 Å². The van der Waals surface area contributed by atoms with Gasteiger partial charge in [0.15, 0.2) is 9.84 Å². The van der Waals surface area contributed by atoms with Gasteiger partial charge in [-0.2, -0.15) is 23.7 Å². The van der Waals surface area contributed by atoms with Crippen LogP contribution in [0.25, 0.3) is 0 Å². The molecular weight excluding hydrogens is 636 g/mol. The van der Waals surface area contributed by atoms with E-state index in [2.05, 4.69) is 0 Å². The summed E-state index contributed by atoms with van der Waals surface area (Å²) in [6.07, 6.45) is -4.09. The molecule has 4 rings (SSSR count). The molecule has 0 aromatic heterocycles. The van der Waals surface area contributed by atoms with Gasteiger partial charge in [-0.15, -0.1) is 0 Å². The Balaban J connectivity index is 2.12. The van der Waals surface area contributed by atoms with E-state index in [0.717, 1.165) is 48.7 Å². The van der Waals surface area contributed by atoms with Crippen molar-refractivity contribution in [2.75, 3.05) is 11.2 Å². The number of rotatable bonds is 5. The molecule has 43 heavy (non-hydrogen) atoms. The highest BCUT2D eigenvalue weighted by Crippen LogP contribution is 2.45. The number of urea groups is 1. The number of halogens is 5. The van der Waals surface area contributed by atoms with Crippen LogP contribution in [-0.2, 0) is 26.0 Å². The maximum atomic E-state index is 14.1. The molecule has 9 nitrogen and oxygen atoms in total. The van der Waals surface area contributed by atoms with Gasteiger partial charge in [0.25, 0.3) is 10.0 Å². The number of hydrogen-bond donors (Lipinski definition) is 0. The second-order valence-corrected chi connectivity index (χ2v) is 13.4. The third-order valence-corrected chi connectivity index (χ3v) is 9.63. The molecule has 0 fully saturated rings. The number of sulfonamides is 1. The van der Waals surface area contributed by atoms with Crippen molar-refractivity contribution in [2.45, 2.75) is 28.9 Å². The highest BCUT2D eigenvalue weighted by molar-refractivity contribution is 7.91. The van der Waals surface area contributed by atoms with Gasteiger partial charge >= 0.3 is 12.2 Å². The second kappa shape index (κ2) is 11.0. The number of nitrogens with zero attached hydrogens (tertiary/aromatic N) is 4. The molecule has 0 spiro atoms. The highest BCUT2D eigenvalue weighted by atomic mass is 35.5. The summed E-state index contributed by atoms with van der Waals surface area (Å²) in [5.74, 6) is -1.01. The maximum Gasteiger partial charge on any atom is 0.416 e. The smallest absolute Gasteiger partial charge is 0.265 e. The Morgan fingerprint density at radius 1 is 0.953 bits per heavy atom. The summed E-state index contributed by atoms with van der Waals surface area (Å²) < 4.78 is 108. The highest BCUT2D eigenvalue weighted by Gasteiger charge is 2.48. The number of carbonyl (C=O) groups is 1. The van der Waals surface area contributed by atoms with E-state index < -0.39 is 81.1 Å². The number of nitriles is 2. The lowest BCUT2D eigenvalue weighted by Gasteiger charge is -2.41. The molecule has 222 valence electrons. The van der Waals surface area contributed by atoms with Gasteiger partial charge in [0.1, 0.15) is 11.9 Å². The van der Waals surface area contributed by atoms with Crippen LogP contribution in [0, 0.1) is 28.5 Å². The van der Waals surface area contributed by atoms with Crippen LogP contribution < -0.4 is 4.90 Å². The first-order valence-corrected chi connectivity index (χ1v) is 15.5. The van der Waals surface area contributed by atoms with Crippen LogP contribution in [0.2, 0.25) is 5.02 Å². The molecule has 0 aliphatic carbocycles. The number of allylic oxidation sites excluding steroid dienone is 1. The predicted molar refractivity (Wildman–Crippen MR) is 145 cm³/mol. The molecule has 0 saturated carbocycles. The molecule has 1 aliphatic rings. The minimum Gasteiger partial charge on any atom is -0.265 e. The number of sulfone groups is 1. The molecule has 3 aromatic rings. The SMILES string of the molecule is CC1=C(C#N)[C@@H](c2ccc(C#N)cc2S(C)(=O)=O)N(S(=O)(=O)c2ccc(F)c(Cl)c2)C(=O)N1c1cccc(C(F)(F)F)c1. The number of benzene rings is 3. The van der Waals surface area contributed by atoms with E-state index in [0.29, 0.717) is 23.1 Å². The summed E-state index contributed by atoms with van der Waals surface area (Å²) in [6.45, 7) is 1.17. The molecule has 2 amide bonds. The van der Waals surface area contributed by atoms with E-state index in [1.165, 1.54) is 6.92 Å². The minimum absolute atomic E-state index is 0.123. The Hall–Kier alpha value is -4.44. The quantitative estimate of drug-likeness (QED) is 0.311. The third-order valence-electron chi connectivity index (χ3n) is 6.45. The Morgan fingerprint density at radius 2 is 1.63 bits per heavy atom. The molecule has 1 aliphatic heterocycles. The van der Waals surface area contributed by atoms with E-state index in [4.69, 9.17) is 11.6 Å². The Kier molecular flexibility index (Phi) is 8.06. The van der Waals surface area contributed by atoms with Gasteiger partial charge in [-0.05, 0) is 61.0 Å². The lowest BCUT2D eigenvalue weighted by molar-refractivity contribution is -0.137. The molecule has 0 N–H and O–H groups in total. The molecule has 0 saturated heterocycles. The predicted octanol–water partition coefficient (Wildman–Crippen LogP) is 5.94. The van der Waals surface area contributed by atoms with Crippen molar-refractivity contribution in [3.8, 4) is 12.1 Å². The van der Waals surface area contributed by atoms with Crippen molar-refractivity contribution in [2.24, 2.45) is 0 Å². The number of alkyl halides is 3. The average molecular weight is 653 g/mol. The topological polar surface area (TPSA) is 139 Å². The summed E-state index contributed by atoms with van der Waals surface area (Å²) in [5, 5.41) is 18.9. The first-order chi connectivity index (χ1) is 19.9. The summed E-state index contributed by atoms with van der Waals surface area (Å²) in [4.78, 5) is 13.4. The largest absolute Gasteiger partial charge is 0.416 e. The van der Waals surface area contributed by atoms with Crippen molar-refractivity contribution < 1.29 is 39.2 Å². The number of amides is 2. The van der Waals surface area contributed by atoms with Crippen LogP contribution in [0.3, 0.4) is 0 Å². The fourth-order valence-electron chi connectivity index (χ4n) is 4.48. The molecule has 3 aromatic carbocycles. The fraction of sp³-hybridized carbons (Fsp3) is 0.148. The molecule has 1 heterocycles. The minimum atomic E-state index is -5.15. The van der Waals surface area contributed by atoms with Gasteiger partial charge in [0, 0.05) is 12.0 Å². The van der Waals surface area contributed by atoms with Gasteiger partial charge in [-0.1, -0.05) is 23.7 Å². The van der Waals surface area contributed by atoms with Gasteiger partial charge < -0.3 is 0 Å². The monoisotopic (exact) mass is 652 g/mol. The van der Waals surface area contributed by atoms with Gasteiger partial charge in [-0.25, -0.2) is 30.3 Å². The van der Waals surface area contributed by atoms with Crippen LogP contribution in [0.4, 0.5) is 28.0 Å². The van der Waals surface area contributed by atoms with E-state index in [1.54, 1.807) is 12.1 Å². The zero-order chi connectivity index (χ0) is 32.1. The average Bonchev–Trinajstić information content (AvgIpc) is 2.93. The fourth-order valence-corrected chi connectivity index (χ4v) is 7.19. The number of anilines is 1. The van der Waals surface area contributed by atoms with Crippen molar-refractivity contribution in [3.05, 3.63) is 99.5 Å². The molecular formula is C27H17ClF4N4O5S2. The number of hydrogen-bond acceptors (Lipinski definition) is 7. The van der Waals surface area contributed by atoms with E-state index in [1.807, 2.05) is 0 Å². The Bertz CT molecular complexity index is 2020. The summed E-state index contributed by atoms with van der Waals surface area (Å²) in [5.41, 5.74) is -3.00. The summed E-state index contributed by atoms with van der Waals surface area (Å²) in [7, 11) is -9.39. The van der Waals surface area contributed by atoms with Gasteiger partial charge in [-0.3, -0.25) is 4.90 Å². The lowest BCUT2D eigenvalue weighted by atomic mass is 9.94. The van der Waals surface area contributed by atoms with Crippen LogP contribution in [0.15, 0.2) is 81.7 Å². The molecule has 1 atom stereocenters. The first-order valence-electron chi connectivity index (χ1n) is 11.8. The summed E-state index contributed by atoms with van der Waals surface area (Å²) in [6, 6.07) is 8.64. The van der Waals surface area contributed by atoms with E-state index in [9.17, 15) is 49.7 Å². The maximum absolute atomic E-state index is 14.1. The van der Waals surface area contributed by atoms with Gasteiger partial charge in [0.05, 0.1) is 49.3 Å². The van der Waals surface area contributed by atoms with Crippen molar-refractivity contribution in [1.82, 2.24) is 4.31 Å². The standard InChI is InChI=1S/C27H17ClF4N4O5S2/c1-15-21(14-34)25(20-8-6-16(13-33)10-24(20)42(2,38)39)36(43(40,41)19-7-9-23(29)22(28)12-19)26(37)35(15)18-5-3-4-17(11-18)27(30,31)32/h3-12,25H,1-2H3/t25-/m1/s1. The summed E-state index contributed by atoms with van der Waals surface area (Å²) >= 11 is 5.80. The Labute approximate surface area is 248 Å². The van der Waals surface area contributed by atoms with Crippen LogP contribution in [0.1, 0.15) is 29.7 Å². The van der Waals surface area contributed by atoms with E-state index >= 15 is 0 Å². The zero-order valence-corrected chi connectivity index (χ0v) is 24.3. The first kappa shape index (κ1) is 31.5. The van der Waals surface area contributed by atoms with Crippen molar-refractivity contribution in [3.63, 3.8) is 0 Å². The van der Waals surface area contributed by atoms with Gasteiger partial charge in [0.2, 0.25) is 0 Å². The molecule has 0 bridgehead atoms. The van der Waals surface area contributed by atoms with Crippen LogP contribution >= 0.6 is 11.6 Å². The molecule has 16 heteroatoms. The second-order valence-electron chi connectivity index (χ2n) is 9.19. The van der Waals surface area contributed by atoms with E-state index in [-0.39, 0.29) is 15.6 Å². The third kappa shape index (κ3) is 5.67. The van der Waals surface area contributed by atoms with Crippen LogP contribution in [0.5, 0.6) is 0 Å². The van der Waals surface area contributed by atoms with Crippen molar-refractivity contribution in [1.29, 1.82) is 10.5 Å². The lowest BCUT2D eigenvalue weighted by Crippen LogP contribution is -2.52.